The molecular formula is C42H51F3Zr. The topological polar surface area (TPSA) is 0 Å². The first-order valence-corrected chi connectivity index (χ1v) is 17.5. The maximum atomic E-state index is 12.1. The van der Waals surface area contributed by atoms with Gasteiger partial charge in [0, 0.05) is 0 Å². The van der Waals surface area contributed by atoms with Crippen molar-refractivity contribution in [1.29, 1.82) is 0 Å². The van der Waals surface area contributed by atoms with Crippen LogP contribution in [0.4, 0.5) is 13.2 Å². The van der Waals surface area contributed by atoms with E-state index in [-0.39, 0.29) is 21.7 Å². The van der Waals surface area contributed by atoms with Crippen molar-refractivity contribution >= 4 is 3.71 Å². The summed E-state index contributed by atoms with van der Waals surface area (Å²) < 4.78 is 38.0. The molecule has 0 fully saturated rings. The van der Waals surface area contributed by atoms with Gasteiger partial charge in [-0.3, -0.25) is 6.08 Å². The molecular weight excluding hydrogens is 653 g/mol. The van der Waals surface area contributed by atoms with Gasteiger partial charge in [0.05, 0.1) is 0 Å². The summed E-state index contributed by atoms with van der Waals surface area (Å²) in [4.78, 5) is 0. The average molecular weight is 704 g/mol. The molecule has 0 atom stereocenters. The fourth-order valence-corrected chi connectivity index (χ4v) is 6.21. The van der Waals surface area contributed by atoms with Crippen LogP contribution in [-0.4, -0.2) is 3.71 Å². The molecule has 4 heteroatoms. The Kier molecular flexibility index (Phi) is 11.6. The minimum atomic E-state index is -4.23. The summed E-state index contributed by atoms with van der Waals surface area (Å²) >= 11 is 1.10. The van der Waals surface area contributed by atoms with Gasteiger partial charge in [-0.1, -0.05) is 106 Å². The van der Waals surface area contributed by atoms with Crippen LogP contribution in [0.1, 0.15) is 134 Å². The molecule has 0 nitrogen and oxygen atoms in total. The zero-order chi connectivity index (χ0) is 34.9. The fraction of sp³-hybridized carbons (Fsp3) is 0.452. The number of benzene rings is 3. The van der Waals surface area contributed by atoms with Crippen molar-refractivity contribution in [2.75, 3.05) is 0 Å². The number of alkyl halides is 3. The Hall–Kier alpha value is -2.32. The first-order valence-electron chi connectivity index (χ1n) is 16.1. The maximum absolute atomic E-state index is 12.1. The number of halogens is 3. The van der Waals surface area contributed by atoms with E-state index in [9.17, 15) is 13.2 Å². The van der Waals surface area contributed by atoms with Gasteiger partial charge < -0.3 is 0 Å². The number of fused-ring (bicyclic) bond motifs is 3. The van der Waals surface area contributed by atoms with E-state index in [0.717, 1.165) is 49.2 Å². The number of rotatable bonds is 1. The van der Waals surface area contributed by atoms with E-state index in [2.05, 4.69) is 120 Å². The Morgan fingerprint density at radius 1 is 0.696 bits per heavy atom. The van der Waals surface area contributed by atoms with Crippen molar-refractivity contribution in [3.8, 4) is 11.1 Å². The molecule has 2 aliphatic carbocycles. The molecule has 3 aromatic carbocycles. The van der Waals surface area contributed by atoms with Crippen LogP contribution >= 0.6 is 0 Å². The molecule has 46 heavy (non-hydrogen) atoms. The molecule has 0 N–H and O–H groups in total. The van der Waals surface area contributed by atoms with Crippen LogP contribution in [-0.2, 0) is 58.5 Å². The number of hydrogen-bond acceptors (Lipinski definition) is 0. The fourth-order valence-electron chi connectivity index (χ4n) is 5.77. The molecule has 0 radical (unpaired) electrons. The Bertz CT molecular complexity index is 1520. The molecule has 0 spiro atoms. The summed E-state index contributed by atoms with van der Waals surface area (Å²) in [6.45, 7) is 28.0. The molecule has 0 aromatic heterocycles. The van der Waals surface area contributed by atoms with Crippen molar-refractivity contribution in [2.45, 2.75) is 124 Å². The Balaban J connectivity index is 0.000000276. The number of hydrogen-bond donors (Lipinski definition) is 0. The Labute approximate surface area is 291 Å². The summed E-state index contributed by atoms with van der Waals surface area (Å²) in [5, 5.41) is 0. The molecule has 0 aliphatic heterocycles. The zero-order valence-electron chi connectivity index (χ0n) is 29.9. The monoisotopic (exact) mass is 702 g/mol. The second-order valence-corrected chi connectivity index (χ2v) is 17.2. The molecule has 0 saturated carbocycles. The van der Waals surface area contributed by atoms with Gasteiger partial charge in [-0.25, -0.2) is 12.2 Å². The first kappa shape index (κ1) is 38.1. The average Bonchev–Trinajstić information content (AvgIpc) is 3.61. The van der Waals surface area contributed by atoms with E-state index >= 15 is 0 Å². The third kappa shape index (κ3) is 9.62. The quantitative estimate of drug-likeness (QED) is 0.173. The minimum Gasteiger partial charge on any atom is -0.273 e. The smallest absolute Gasteiger partial charge is 0.109 e. The van der Waals surface area contributed by atoms with Crippen LogP contribution < -0.4 is 0 Å². The van der Waals surface area contributed by atoms with Crippen LogP contribution in [0.25, 0.3) is 11.1 Å². The molecule has 3 aromatic rings. The van der Waals surface area contributed by atoms with Crippen LogP contribution in [0.5, 0.6) is 0 Å². The van der Waals surface area contributed by atoms with E-state index in [4.69, 9.17) is 0 Å². The second-order valence-electron chi connectivity index (χ2n) is 16.5. The molecule has 0 heterocycles. The SMILES string of the molecule is CC(C)(C)c1[c-]c2c(cc1C(C)(C)C)-c1cc(C(C)(C)C)c(C(C)(C)C)cc1C2.FC(F)(F)c1cccc([CH]=[Zr+2])c1.[C-]1=CC=CC1. The summed E-state index contributed by atoms with van der Waals surface area (Å²) in [5.74, 6) is 0. The second kappa shape index (κ2) is 14.0. The third-order valence-electron chi connectivity index (χ3n) is 8.20. The van der Waals surface area contributed by atoms with Gasteiger partial charge in [0.1, 0.15) is 0 Å². The maximum Gasteiger partial charge on any atom is -0.109 e. The van der Waals surface area contributed by atoms with Crippen molar-refractivity contribution < 1.29 is 37.4 Å². The van der Waals surface area contributed by atoms with Crippen molar-refractivity contribution in [2.24, 2.45) is 0 Å². The third-order valence-corrected chi connectivity index (χ3v) is 9.02. The van der Waals surface area contributed by atoms with E-state index < -0.39 is 11.7 Å². The van der Waals surface area contributed by atoms with Gasteiger partial charge in [0.2, 0.25) is 0 Å². The Morgan fingerprint density at radius 3 is 1.70 bits per heavy atom. The van der Waals surface area contributed by atoms with Crippen LogP contribution in [0.2, 0.25) is 0 Å². The molecule has 244 valence electrons. The predicted molar refractivity (Wildman–Crippen MR) is 186 cm³/mol. The standard InChI is InChI=1S/C29H41.C8H5F3.C5H5.Zr/c1-26(2,3)22-14-18-13-19-15-23(27(4,5)6)25(29(10,11)12)17-21(19)20(18)16-24(22)28(7,8)9;1-6-3-2-4-7(5-6)8(9,10)11;1-2-4-5-3-1;/h14,16-17H,13H2,1-12H3;1-5H;1-3H,4H2;/q-1;;-1;+2. The predicted octanol–water partition coefficient (Wildman–Crippen LogP) is 12.0. The Morgan fingerprint density at radius 2 is 1.26 bits per heavy atom. The van der Waals surface area contributed by atoms with Gasteiger partial charge in [0.25, 0.3) is 0 Å². The summed E-state index contributed by atoms with van der Waals surface area (Å²) in [5.41, 5.74) is 12.0. The van der Waals surface area contributed by atoms with Gasteiger partial charge in [-0.2, -0.15) is 23.8 Å². The molecule has 0 amide bonds. The van der Waals surface area contributed by atoms with Crippen LogP contribution in [0, 0.1) is 12.1 Å². The van der Waals surface area contributed by atoms with Gasteiger partial charge >= 0.3 is 82.7 Å². The normalized spacial score (nSPS) is 14.2. The molecule has 0 unspecified atom stereocenters. The summed E-state index contributed by atoms with van der Waals surface area (Å²) in [6, 6.07) is 16.7. The van der Waals surface area contributed by atoms with Gasteiger partial charge in [0.15, 0.2) is 0 Å². The van der Waals surface area contributed by atoms with Gasteiger partial charge in [-0.05, 0) is 39.4 Å². The molecule has 2 aliphatic rings. The van der Waals surface area contributed by atoms with E-state index in [1.165, 1.54) is 50.6 Å². The molecule has 5 rings (SSSR count). The molecule has 0 saturated heterocycles. The zero-order valence-corrected chi connectivity index (χ0v) is 32.4. The van der Waals surface area contributed by atoms with E-state index in [0.29, 0.717) is 5.56 Å². The minimum absolute atomic E-state index is 0.0968. The first-order chi connectivity index (χ1) is 20.9. The van der Waals surface area contributed by atoms with Crippen molar-refractivity contribution in [3.05, 3.63) is 117 Å². The van der Waals surface area contributed by atoms with E-state index in [1.807, 2.05) is 12.2 Å². The summed E-state index contributed by atoms with van der Waals surface area (Å²) in [7, 11) is 0. The van der Waals surface area contributed by atoms with Crippen LogP contribution in [0.15, 0.2) is 60.7 Å². The van der Waals surface area contributed by atoms with Crippen LogP contribution in [0.3, 0.4) is 0 Å². The van der Waals surface area contributed by atoms with Crippen molar-refractivity contribution in [1.82, 2.24) is 0 Å². The van der Waals surface area contributed by atoms with Gasteiger partial charge in [-0.15, -0.1) is 23.1 Å². The largest absolute Gasteiger partial charge is 0.273 e. The van der Waals surface area contributed by atoms with Crippen molar-refractivity contribution in [3.63, 3.8) is 0 Å². The summed E-state index contributed by atoms with van der Waals surface area (Å²) in [6.07, 6.45) is 6.78. The molecule has 0 bridgehead atoms. The van der Waals surface area contributed by atoms with E-state index in [1.54, 1.807) is 9.78 Å². The number of allylic oxidation sites excluding steroid dienone is 4.